The van der Waals surface area contributed by atoms with Crippen LogP contribution < -0.4 is 5.32 Å². The first kappa shape index (κ1) is 62.3. The van der Waals surface area contributed by atoms with Gasteiger partial charge in [0.1, 0.15) is 6.10 Å². The molecule has 0 spiro atoms. The molecule has 0 aliphatic heterocycles. The number of ether oxygens (including phenoxy) is 1. The molecule has 0 rings (SSSR count). The van der Waals surface area contributed by atoms with Gasteiger partial charge in [-0.05, 0) is 77.0 Å². The van der Waals surface area contributed by atoms with E-state index in [4.69, 9.17) is 4.74 Å². The molecule has 1 amide bonds. The third-order valence-corrected chi connectivity index (χ3v) is 12.4. The van der Waals surface area contributed by atoms with Gasteiger partial charge in [-0.15, -0.1) is 0 Å². The summed E-state index contributed by atoms with van der Waals surface area (Å²) in [7, 11) is 0. The zero-order valence-corrected chi connectivity index (χ0v) is 42.9. The number of rotatable bonds is 49. The van der Waals surface area contributed by atoms with E-state index in [1.54, 1.807) is 0 Å². The lowest BCUT2D eigenvalue weighted by Gasteiger charge is -2.24. The summed E-state index contributed by atoms with van der Waals surface area (Å²) in [6.07, 6.45) is 66.7. The third kappa shape index (κ3) is 47.6. The summed E-state index contributed by atoms with van der Waals surface area (Å²) in [4.78, 5) is 26.2. The molecule has 0 aromatic carbocycles. The summed E-state index contributed by atoms with van der Waals surface area (Å²) < 4.78 is 5.93. The number of carbonyl (C=O) groups is 2. The van der Waals surface area contributed by atoms with E-state index in [1.165, 1.54) is 128 Å². The summed E-state index contributed by atoms with van der Waals surface area (Å²) in [6, 6.07) is -0.719. The van der Waals surface area contributed by atoms with Crippen molar-refractivity contribution in [1.82, 2.24) is 5.32 Å². The number of hydrogen-bond donors (Lipinski definition) is 3. The highest BCUT2D eigenvalue weighted by molar-refractivity contribution is 5.77. The largest absolute Gasteiger partial charge is 0.462 e. The molecule has 0 fully saturated rings. The second-order valence-corrected chi connectivity index (χ2v) is 18.7. The quantitative estimate of drug-likeness (QED) is 0.0245. The zero-order chi connectivity index (χ0) is 47.4. The molecule has 3 unspecified atom stereocenters. The minimum Gasteiger partial charge on any atom is -0.462 e. The molecule has 0 radical (unpaired) electrons. The van der Waals surface area contributed by atoms with Gasteiger partial charge in [0.15, 0.2) is 0 Å². The average molecular weight is 908 g/mol. The maximum absolute atomic E-state index is 13.2. The number of aliphatic hydroxyl groups excluding tert-OH is 2. The lowest BCUT2D eigenvalue weighted by molar-refractivity contribution is -0.151. The van der Waals surface area contributed by atoms with E-state index in [2.05, 4.69) is 92.9 Å². The molecule has 0 saturated carbocycles. The van der Waals surface area contributed by atoms with Crippen molar-refractivity contribution in [3.8, 4) is 0 Å². The van der Waals surface area contributed by atoms with Crippen molar-refractivity contribution in [2.24, 2.45) is 0 Å². The molecule has 6 heteroatoms. The van der Waals surface area contributed by atoms with Crippen LogP contribution in [0.3, 0.4) is 0 Å². The van der Waals surface area contributed by atoms with Gasteiger partial charge in [0.05, 0.1) is 25.2 Å². The molecular formula is C59H105NO5. The molecule has 376 valence electrons. The molecule has 3 N–H and O–H groups in total. The van der Waals surface area contributed by atoms with E-state index in [1.807, 2.05) is 6.08 Å². The first-order valence-electron chi connectivity index (χ1n) is 27.7. The summed E-state index contributed by atoms with van der Waals surface area (Å²) in [5.74, 6) is -0.520. The Morgan fingerprint density at radius 2 is 0.892 bits per heavy atom. The van der Waals surface area contributed by atoms with E-state index in [0.29, 0.717) is 19.3 Å². The topological polar surface area (TPSA) is 95.9 Å². The lowest BCUT2D eigenvalue weighted by atomic mass is 10.0. The molecule has 0 aliphatic rings. The Hall–Kier alpha value is -2.70. The Labute approximate surface area is 402 Å². The van der Waals surface area contributed by atoms with E-state index >= 15 is 0 Å². The number of allylic oxidation sites excluding steroid dienone is 12. The van der Waals surface area contributed by atoms with Crippen molar-refractivity contribution in [3.05, 3.63) is 72.9 Å². The van der Waals surface area contributed by atoms with Crippen LogP contribution >= 0.6 is 0 Å². The molecule has 0 heterocycles. The minimum absolute atomic E-state index is 0.0464. The van der Waals surface area contributed by atoms with Crippen LogP contribution in [-0.2, 0) is 14.3 Å². The normalized spacial score (nSPS) is 13.7. The Kier molecular flexibility index (Phi) is 50.1. The van der Waals surface area contributed by atoms with Gasteiger partial charge in [0.25, 0.3) is 0 Å². The van der Waals surface area contributed by atoms with Gasteiger partial charge in [0.2, 0.25) is 5.91 Å². The van der Waals surface area contributed by atoms with Crippen LogP contribution in [0.15, 0.2) is 72.9 Å². The standard InChI is InChI=1S/C59H105NO5/c1-4-7-10-13-16-19-22-25-28-30-32-35-38-41-44-47-50-55(65-59(64)52-49-46-43-40-37-34-27-24-21-18-15-12-9-6-3)53-58(63)60-56(54-61)57(62)51-48-45-42-39-36-33-31-29-26-23-20-17-14-11-8-5-2/h9,12,16,18-19,21-22,25,28,30,32,35,55-57,61-62H,4-8,10-11,13-15,17,20,23-24,26-27,29,31,33-34,36-54H2,1-3H3,(H,60,63)/b12-9+,19-16+,21-18+,25-22+,30-28+,35-32+. The molecular weight excluding hydrogens is 803 g/mol. The third-order valence-electron chi connectivity index (χ3n) is 12.4. The first-order chi connectivity index (χ1) is 32.0. The predicted molar refractivity (Wildman–Crippen MR) is 282 cm³/mol. The zero-order valence-electron chi connectivity index (χ0n) is 42.9. The molecule has 65 heavy (non-hydrogen) atoms. The smallest absolute Gasteiger partial charge is 0.306 e. The Balaban J connectivity index is 4.64. The van der Waals surface area contributed by atoms with Crippen molar-refractivity contribution in [2.75, 3.05) is 6.61 Å². The molecule has 0 aliphatic carbocycles. The van der Waals surface area contributed by atoms with Gasteiger partial charge in [-0.25, -0.2) is 0 Å². The van der Waals surface area contributed by atoms with Crippen LogP contribution in [0.4, 0.5) is 0 Å². The van der Waals surface area contributed by atoms with Gasteiger partial charge >= 0.3 is 5.97 Å². The number of hydrogen-bond acceptors (Lipinski definition) is 5. The maximum Gasteiger partial charge on any atom is 0.306 e. The molecule has 0 aromatic heterocycles. The Bertz CT molecular complexity index is 1200. The average Bonchev–Trinajstić information content (AvgIpc) is 3.30. The van der Waals surface area contributed by atoms with Crippen LogP contribution in [0.1, 0.15) is 265 Å². The monoisotopic (exact) mass is 908 g/mol. The SMILES string of the molecule is CC/C=C/C/C=C/CCCCCCCCCC(=O)OC(CCCCC/C=C/C=C/C=C/C=C/CCCCC)CC(=O)NC(CO)C(O)CCCCCCCCCCCCCCCCCC. The predicted octanol–water partition coefficient (Wildman–Crippen LogP) is 17.0. The van der Waals surface area contributed by atoms with Gasteiger partial charge in [0, 0.05) is 6.42 Å². The number of aliphatic hydroxyl groups is 2. The maximum atomic E-state index is 13.2. The highest BCUT2D eigenvalue weighted by Crippen LogP contribution is 2.18. The van der Waals surface area contributed by atoms with Crippen molar-refractivity contribution in [3.63, 3.8) is 0 Å². The van der Waals surface area contributed by atoms with Crippen molar-refractivity contribution in [2.45, 2.75) is 283 Å². The van der Waals surface area contributed by atoms with Crippen LogP contribution in [0.2, 0.25) is 0 Å². The molecule has 0 bridgehead atoms. The van der Waals surface area contributed by atoms with Gasteiger partial charge in [-0.1, -0.05) is 248 Å². The summed E-state index contributed by atoms with van der Waals surface area (Å²) in [5, 5.41) is 23.9. The van der Waals surface area contributed by atoms with E-state index in [0.717, 1.165) is 89.9 Å². The highest BCUT2D eigenvalue weighted by atomic mass is 16.5. The second kappa shape index (κ2) is 52.3. The lowest BCUT2D eigenvalue weighted by Crippen LogP contribution is -2.46. The molecule has 3 atom stereocenters. The first-order valence-corrected chi connectivity index (χ1v) is 27.7. The summed E-state index contributed by atoms with van der Waals surface area (Å²) >= 11 is 0. The van der Waals surface area contributed by atoms with E-state index < -0.39 is 18.2 Å². The van der Waals surface area contributed by atoms with Gasteiger partial charge < -0.3 is 20.3 Å². The van der Waals surface area contributed by atoms with Crippen molar-refractivity contribution < 1.29 is 24.5 Å². The number of nitrogens with one attached hydrogen (secondary N) is 1. The van der Waals surface area contributed by atoms with Crippen LogP contribution in [0.5, 0.6) is 0 Å². The molecule has 0 saturated heterocycles. The number of esters is 1. The second-order valence-electron chi connectivity index (χ2n) is 18.7. The fourth-order valence-electron chi connectivity index (χ4n) is 8.19. The summed E-state index contributed by atoms with van der Waals surface area (Å²) in [6.45, 7) is 6.34. The van der Waals surface area contributed by atoms with Crippen LogP contribution in [-0.4, -0.2) is 46.9 Å². The van der Waals surface area contributed by atoms with Gasteiger partial charge in [-0.3, -0.25) is 9.59 Å². The van der Waals surface area contributed by atoms with Crippen molar-refractivity contribution in [1.29, 1.82) is 0 Å². The Morgan fingerprint density at radius 3 is 1.43 bits per heavy atom. The van der Waals surface area contributed by atoms with Crippen molar-refractivity contribution >= 4 is 11.9 Å². The highest BCUT2D eigenvalue weighted by Gasteiger charge is 2.24. The minimum atomic E-state index is -0.803. The van der Waals surface area contributed by atoms with Gasteiger partial charge in [-0.2, -0.15) is 0 Å². The fraction of sp³-hybridized carbons (Fsp3) is 0.763. The van der Waals surface area contributed by atoms with Crippen LogP contribution in [0.25, 0.3) is 0 Å². The van der Waals surface area contributed by atoms with E-state index in [9.17, 15) is 19.8 Å². The number of amides is 1. The number of carbonyl (C=O) groups excluding carboxylic acids is 2. The van der Waals surface area contributed by atoms with E-state index in [-0.39, 0.29) is 24.9 Å². The number of unbranched alkanes of at least 4 members (excludes halogenated alkanes) is 28. The molecule has 0 aromatic rings. The Morgan fingerprint density at radius 1 is 0.477 bits per heavy atom. The summed E-state index contributed by atoms with van der Waals surface area (Å²) in [5.41, 5.74) is 0. The van der Waals surface area contributed by atoms with Crippen LogP contribution in [0, 0.1) is 0 Å². The fourth-order valence-corrected chi connectivity index (χ4v) is 8.19. The molecule has 6 nitrogen and oxygen atoms in total.